The first-order valence-corrected chi connectivity index (χ1v) is 11.8. The van der Waals surface area contributed by atoms with Gasteiger partial charge in [0.1, 0.15) is 0 Å². The second-order valence-electron chi connectivity index (χ2n) is 9.90. The summed E-state index contributed by atoms with van der Waals surface area (Å²) >= 11 is 0. The van der Waals surface area contributed by atoms with E-state index in [1.807, 2.05) is 11.9 Å². The summed E-state index contributed by atoms with van der Waals surface area (Å²) < 4.78 is 38.5. The molecule has 0 bridgehead atoms. The Morgan fingerprint density at radius 3 is 2.47 bits per heavy atom. The van der Waals surface area contributed by atoms with Gasteiger partial charge in [-0.2, -0.15) is 18.3 Å². The number of benzene rings is 1. The fourth-order valence-electron chi connectivity index (χ4n) is 6.33. The van der Waals surface area contributed by atoms with E-state index in [0.29, 0.717) is 5.56 Å². The molecule has 1 saturated heterocycles. The first-order valence-electron chi connectivity index (χ1n) is 11.8. The molecule has 2 saturated carbocycles. The SMILES string of the molecule is CN(C(=O)Cc1ccc(C(F)(F)F)cc1)C1CCC2(CCCC2N=N)CC1N1CCCC1. The maximum Gasteiger partial charge on any atom is 0.416 e. The van der Waals surface area contributed by atoms with Crippen molar-refractivity contribution in [3.63, 3.8) is 0 Å². The van der Waals surface area contributed by atoms with Crippen LogP contribution in [0.3, 0.4) is 0 Å². The number of hydrogen-bond acceptors (Lipinski definition) is 4. The van der Waals surface area contributed by atoms with Crippen LogP contribution in [0.15, 0.2) is 29.4 Å². The highest BCUT2D eigenvalue weighted by atomic mass is 19.4. The molecule has 1 heterocycles. The van der Waals surface area contributed by atoms with Crippen molar-refractivity contribution >= 4 is 5.91 Å². The maximum absolute atomic E-state index is 13.1. The van der Waals surface area contributed by atoms with Crippen LogP contribution in [0.4, 0.5) is 13.2 Å². The van der Waals surface area contributed by atoms with E-state index < -0.39 is 11.7 Å². The summed E-state index contributed by atoms with van der Waals surface area (Å²) in [6, 6.07) is 5.35. The predicted octanol–water partition coefficient (Wildman–Crippen LogP) is 5.29. The van der Waals surface area contributed by atoms with E-state index in [9.17, 15) is 18.0 Å². The third kappa shape index (κ3) is 4.56. The molecule has 4 rings (SSSR count). The van der Waals surface area contributed by atoms with Crippen LogP contribution in [-0.2, 0) is 17.4 Å². The van der Waals surface area contributed by atoms with E-state index in [0.717, 1.165) is 63.7 Å². The highest BCUT2D eigenvalue weighted by Gasteiger charge is 2.51. The molecule has 176 valence electrons. The lowest BCUT2D eigenvalue weighted by atomic mass is 9.66. The quantitative estimate of drug-likeness (QED) is 0.620. The molecule has 2 aliphatic carbocycles. The Bertz CT molecular complexity index is 822. The van der Waals surface area contributed by atoms with Crippen molar-refractivity contribution in [3.8, 4) is 0 Å². The van der Waals surface area contributed by atoms with Gasteiger partial charge in [0.2, 0.25) is 5.91 Å². The van der Waals surface area contributed by atoms with Crippen molar-refractivity contribution < 1.29 is 18.0 Å². The van der Waals surface area contributed by atoms with Crippen LogP contribution >= 0.6 is 0 Å². The highest BCUT2D eigenvalue weighted by molar-refractivity contribution is 5.79. The smallest absolute Gasteiger partial charge is 0.341 e. The maximum atomic E-state index is 13.1. The summed E-state index contributed by atoms with van der Waals surface area (Å²) in [6.07, 6.45) is 4.14. The number of nitrogens with zero attached hydrogens (tertiary/aromatic N) is 3. The molecular formula is C24H33F3N4O. The second kappa shape index (κ2) is 9.12. The Morgan fingerprint density at radius 1 is 1.16 bits per heavy atom. The lowest BCUT2D eigenvalue weighted by Crippen LogP contribution is -2.57. The topological polar surface area (TPSA) is 59.8 Å². The van der Waals surface area contributed by atoms with E-state index in [2.05, 4.69) is 10.0 Å². The van der Waals surface area contributed by atoms with Gasteiger partial charge in [0.05, 0.1) is 18.0 Å². The van der Waals surface area contributed by atoms with Crippen LogP contribution in [0, 0.1) is 10.9 Å². The third-order valence-corrected chi connectivity index (χ3v) is 8.15. The fraction of sp³-hybridized carbons (Fsp3) is 0.708. The number of likely N-dealkylation sites (N-methyl/N-ethyl adjacent to an activating group) is 1. The molecule has 1 aliphatic heterocycles. The lowest BCUT2D eigenvalue weighted by molar-refractivity contribution is -0.137. The van der Waals surface area contributed by atoms with Crippen LogP contribution in [-0.4, -0.2) is 54.0 Å². The zero-order chi connectivity index (χ0) is 22.9. The van der Waals surface area contributed by atoms with Gasteiger partial charge in [-0.3, -0.25) is 9.69 Å². The van der Waals surface area contributed by atoms with Crippen LogP contribution in [0.1, 0.15) is 62.5 Å². The zero-order valence-electron chi connectivity index (χ0n) is 18.7. The van der Waals surface area contributed by atoms with E-state index in [1.54, 1.807) is 0 Å². The molecule has 4 unspecified atom stereocenters. The zero-order valence-corrected chi connectivity index (χ0v) is 18.7. The number of carbonyl (C=O) groups excluding carboxylic acids is 1. The number of alkyl halides is 3. The van der Waals surface area contributed by atoms with Crippen LogP contribution in [0.5, 0.6) is 0 Å². The number of amides is 1. The van der Waals surface area contributed by atoms with E-state index in [4.69, 9.17) is 5.53 Å². The van der Waals surface area contributed by atoms with E-state index in [1.165, 1.54) is 25.0 Å². The summed E-state index contributed by atoms with van der Waals surface area (Å²) in [7, 11) is 1.85. The van der Waals surface area contributed by atoms with Gasteiger partial charge in [-0.25, -0.2) is 5.53 Å². The Kier molecular flexibility index (Phi) is 6.61. The minimum atomic E-state index is -4.37. The average Bonchev–Trinajstić information content (AvgIpc) is 3.43. The molecule has 0 aromatic heterocycles. The first kappa shape index (κ1) is 23.2. The minimum absolute atomic E-state index is 0.0527. The minimum Gasteiger partial charge on any atom is -0.341 e. The lowest BCUT2D eigenvalue weighted by Gasteiger charge is -2.50. The average molecular weight is 451 g/mol. The number of nitrogens with one attached hydrogen (secondary N) is 1. The Hall–Kier alpha value is -1.96. The fourth-order valence-corrected chi connectivity index (χ4v) is 6.33. The number of hydrogen-bond donors (Lipinski definition) is 1. The molecule has 0 radical (unpaired) electrons. The second-order valence-corrected chi connectivity index (χ2v) is 9.90. The molecule has 1 N–H and O–H groups in total. The van der Waals surface area contributed by atoms with Crippen molar-refractivity contribution in [3.05, 3.63) is 35.4 Å². The monoisotopic (exact) mass is 450 g/mol. The molecule has 4 atom stereocenters. The van der Waals surface area contributed by atoms with E-state index in [-0.39, 0.29) is 35.9 Å². The van der Waals surface area contributed by atoms with Crippen molar-refractivity contribution in [2.24, 2.45) is 10.5 Å². The van der Waals surface area contributed by atoms with Gasteiger partial charge in [0, 0.05) is 19.1 Å². The summed E-state index contributed by atoms with van der Waals surface area (Å²) in [6.45, 7) is 2.09. The Morgan fingerprint density at radius 2 is 1.84 bits per heavy atom. The summed E-state index contributed by atoms with van der Waals surface area (Å²) in [5, 5.41) is 3.98. The molecule has 1 amide bonds. The molecule has 1 aromatic carbocycles. The first-order chi connectivity index (χ1) is 15.2. The molecule has 1 aromatic rings. The van der Waals surface area contributed by atoms with Gasteiger partial charge in [0.15, 0.2) is 0 Å². The van der Waals surface area contributed by atoms with Gasteiger partial charge < -0.3 is 4.90 Å². The molecule has 8 heteroatoms. The highest BCUT2D eigenvalue weighted by Crippen LogP contribution is 2.52. The number of rotatable bonds is 5. The van der Waals surface area contributed by atoms with Crippen LogP contribution < -0.4 is 0 Å². The van der Waals surface area contributed by atoms with Gasteiger partial charge in [-0.05, 0) is 81.1 Å². The Balaban J connectivity index is 1.48. The third-order valence-electron chi connectivity index (χ3n) is 8.15. The molecule has 32 heavy (non-hydrogen) atoms. The largest absolute Gasteiger partial charge is 0.416 e. The summed E-state index contributed by atoms with van der Waals surface area (Å²) in [4.78, 5) is 17.5. The van der Waals surface area contributed by atoms with Crippen LogP contribution in [0.25, 0.3) is 0 Å². The van der Waals surface area contributed by atoms with Crippen molar-refractivity contribution in [2.75, 3.05) is 20.1 Å². The summed E-state index contributed by atoms with van der Waals surface area (Å²) in [5.74, 6) is -0.0527. The molecule has 3 fully saturated rings. The molecule has 3 aliphatic rings. The number of halogens is 3. The van der Waals surface area contributed by atoms with Gasteiger partial charge in [-0.1, -0.05) is 18.6 Å². The molecular weight excluding hydrogens is 417 g/mol. The van der Waals surface area contributed by atoms with E-state index >= 15 is 0 Å². The standard InChI is InChI=1S/C24H33F3N4O/c1-30(22(32)15-17-6-8-18(9-7-17)24(25,26)27)19-10-12-23(11-4-5-21(23)29-28)16-20(19)31-13-2-3-14-31/h6-9,19-21,28H,2-5,10-16H2,1H3. The molecule has 1 spiro atoms. The normalized spacial score (nSPS) is 31.2. The Labute approximate surface area is 187 Å². The predicted molar refractivity (Wildman–Crippen MR) is 115 cm³/mol. The van der Waals surface area contributed by atoms with Gasteiger partial charge >= 0.3 is 6.18 Å². The van der Waals surface area contributed by atoms with Crippen molar-refractivity contribution in [1.82, 2.24) is 9.80 Å². The number of carbonyl (C=O) groups is 1. The van der Waals surface area contributed by atoms with Gasteiger partial charge in [0.25, 0.3) is 0 Å². The number of likely N-dealkylation sites (tertiary alicyclic amines) is 1. The van der Waals surface area contributed by atoms with Crippen molar-refractivity contribution in [2.45, 2.75) is 82.1 Å². The summed E-state index contributed by atoms with van der Waals surface area (Å²) in [5.41, 5.74) is 7.69. The van der Waals surface area contributed by atoms with Crippen molar-refractivity contribution in [1.29, 1.82) is 5.53 Å². The van der Waals surface area contributed by atoms with Crippen LogP contribution in [0.2, 0.25) is 0 Å². The van der Waals surface area contributed by atoms with Gasteiger partial charge in [-0.15, -0.1) is 0 Å². The molecule has 5 nitrogen and oxygen atoms in total.